The second-order valence-corrected chi connectivity index (χ2v) is 4.05. The molecule has 0 bridgehead atoms. The summed E-state index contributed by atoms with van der Waals surface area (Å²) in [6.07, 6.45) is -1.01. The van der Waals surface area contributed by atoms with Crippen molar-refractivity contribution in [3.05, 3.63) is 10.1 Å². The fourth-order valence-electron chi connectivity index (χ4n) is 1.49. The summed E-state index contributed by atoms with van der Waals surface area (Å²) in [5.41, 5.74) is -1.46. The molecule has 0 heterocycles. The standard InChI is InChI=1S/C11H21NO6/c1-5-17-10(18-6-2)8-11(3,12(14)15)7-9(13)16-4/h10H,5-8H2,1-4H3. The van der Waals surface area contributed by atoms with Gasteiger partial charge in [-0.15, -0.1) is 0 Å². The normalized spacial score (nSPS) is 14.3. The van der Waals surface area contributed by atoms with Crippen LogP contribution < -0.4 is 0 Å². The van der Waals surface area contributed by atoms with E-state index in [2.05, 4.69) is 4.74 Å². The van der Waals surface area contributed by atoms with Crippen LogP contribution in [0.3, 0.4) is 0 Å². The molecule has 0 saturated carbocycles. The summed E-state index contributed by atoms with van der Waals surface area (Å²) in [6, 6.07) is 0. The van der Waals surface area contributed by atoms with Gasteiger partial charge in [0.05, 0.1) is 13.5 Å². The topological polar surface area (TPSA) is 87.9 Å². The monoisotopic (exact) mass is 263 g/mol. The van der Waals surface area contributed by atoms with E-state index in [1.807, 2.05) is 0 Å². The molecule has 0 spiro atoms. The molecule has 0 fully saturated rings. The first-order valence-electron chi connectivity index (χ1n) is 5.84. The predicted molar refractivity (Wildman–Crippen MR) is 63.7 cm³/mol. The molecule has 0 radical (unpaired) electrons. The van der Waals surface area contributed by atoms with E-state index in [1.165, 1.54) is 14.0 Å². The summed E-state index contributed by atoms with van der Waals surface area (Å²) in [7, 11) is 1.20. The minimum absolute atomic E-state index is 0.00319. The Balaban J connectivity index is 4.75. The fraction of sp³-hybridized carbons (Fsp3) is 0.909. The third-order valence-corrected chi connectivity index (χ3v) is 2.51. The molecule has 0 N–H and O–H groups in total. The maximum atomic E-state index is 11.2. The van der Waals surface area contributed by atoms with Gasteiger partial charge >= 0.3 is 5.97 Å². The van der Waals surface area contributed by atoms with Crippen molar-refractivity contribution in [3.8, 4) is 0 Å². The van der Waals surface area contributed by atoms with Crippen molar-refractivity contribution < 1.29 is 23.9 Å². The third kappa shape index (κ3) is 5.42. The van der Waals surface area contributed by atoms with Gasteiger partial charge in [-0.3, -0.25) is 14.9 Å². The highest BCUT2D eigenvalue weighted by molar-refractivity contribution is 5.70. The zero-order chi connectivity index (χ0) is 14.2. The predicted octanol–water partition coefficient (Wildman–Crippen LogP) is 1.37. The molecule has 0 rings (SSSR count). The molecular weight excluding hydrogens is 242 g/mol. The van der Waals surface area contributed by atoms with Gasteiger partial charge in [0.2, 0.25) is 5.54 Å². The highest BCUT2D eigenvalue weighted by Gasteiger charge is 2.43. The number of carbonyl (C=O) groups is 1. The van der Waals surface area contributed by atoms with Crippen LogP contribution in [0.15, 0.2) is 0 Å². The first-order chi connectivity index (χ1) is 8.39. The number of hydrogen-bond donors (Lipinski definition) is 0. The Bertz CT molecular complexity index is 277. The van der Waals surface area contributed by atoms with Crippen molar-refractivity contribution >= 4 is 5.97 Å². The van der Waals surface area contributed by atoms with Crippen LogP contribution in [0, 0.1) is 10.1 Å². The second-order valence-electron chi connectivity index (χ2n) is 4.05. The minimum atomic E-state index is -1.46. The van der Waals surface area contributed by atoms with E-state index in [1.54, 1.807) is 13.8 Å². The molecule has 0 aliphatic heterocycles. The SMILES string of the molecule is CCOC(CC(C)(CC(=O)OC)[N+](=O)[O-])OCC. The van der Waals surface area contributed by atoms with Gasteiger partial charge in [0.15, 0.2) is 6.29 Å². The molecule has 106 valence electrons. The molecule has 7 nitrogen and oxygen atoms in total. The lowest BCUT2D eigenvalue weighted by atomic mass is 9.94. The number of nitro groups is 1. The van der Waals surface area contributed by atoms with E-state index in [-0.39, 0.29) is 12.8 Å². The molecule has 0 aliphatic rings. The maximum absolute atomic E-state index is 11.2. The average molecular weight is 263 g/mol. The van der Waals surface area contributed by atoms with Crippen LogP contribution in [0.5, 0.6) is 0 Å². The van der Waals surface area contributed by atoms with E-state index in [9.17, 15) is 14.9 Å². The van der Waals surface area contributed by atoms with Crippen molar-refractivity contribution in [2.75, 3.05) is 20.3 Å². The van der Waals surface area contributed by atoms with E-state index in [0.717, 1.165) is 0 Å². The first kappa shape index (κ1) is 16.8. The van der Waals surface area contributed by atoms with Crippen LogP contribution in [0.25, 0.3) is 0 Å². The zero-order valence-corrected chi connectivity index (χ0v) is 11.3. The number of rotatable bonds is 9. The second kappa shape index (κ2) is 7.99. The molecule has 7 heteroatoms. The molecule has 0 saturated heterocycles. The Labute approximate surface area is 107 Å². The Morgan fingerprint density at radius 3 is 2.17 bits per heavy atom. The summed E-state index contributed by atoms with van der Waals surface area (Å²) in [5.74, 6) is -0.624. The van der Waals surface area contributed by atoms with Gasteiger partial charge in [-0.25, -0.2) is 0 Å². The molecular formula is C11H21NO6. The molecule has 1 atom stereocenters. The average Bonchev–Trinajstić information content (AvgIpc) is 2.29. The van der Waals surface area contributed by atoms with Gasteiger partial charge in [0.25, 0.3) is 0 Å². The van der Waals surface area contributed by atoms with Gasteiger partial charge in [-0.1, -0.05) is 0 Å². The summed E-state index contributed by atoms with van der Waals surface area (Å²) < 4.78 is 15.0. The number of esters is 1. The molecule has 0 aromatic heterocycles. The van der Waals surface area contributed by atoms with Gasteiger partial charge in [-0.05, 0) is 13.8 Å². The minimum Gasteiger partial charge on any atom is -0.469 e. The Morgan fingerprint density at radius 1 is 1.33 bits per heavy atom. The highest BCUT2D eigenvalue weighted by atomic mass is 16.7. The molecule has 0 aromatic carbocycles. The van der Waals surface area contributed by atoms with Crippen LogP contribution in [-0.4, -0.2) is 43.0 Å². The summed E-state index contributed by atoms with van der Waals surface area (Å²) in [6.45, 7) is 5.70. The summed E-state index contributed by atoms with van der Waals surface area (Å²) in [5, 5.41) is 11.1. The maximum Gasteiger partial charge on any atom is 0.312 e. The number of ether oxygens (including phenoxy) is 3. The number of nitrogens with zero attached hydrogens (tertiary/aromatic N) is 1. The largest absolute Gasteiger partial charge is 0.469 e. The van der Waals surface area contributed by atoms with Crippen LogP contribution in [0.4, 0.5) is 0 Å². The number of methoxy groups -OCH3 is 1. The van der Waals surface area contributed by atoms with Gasteiger partial charge in [-0.2, -0.15) is 0 Å². The van der Waals surface area contributed by atoms with Crippen molar-refractivity contribution in [3.63, 3.8) is 0 Å². The van der Waals surface area contributed by atoms with Crippen LogP contribution in [-0.2, 0) is 19.0 Å². The lowest BCUT2D eigenvalue weighted by Gasteiger charge is -2.25. The Hall–Kier alpha value is -1.21. The molecule has 0 aliphatic carbocycles. The molecule has 1 unspecified atom stereocenters. The van der Waals surface area contributed by atoms with Gasteiger partial charge in [0, 0.05) is 25.1 Å². The molecule has 18 heavy (non-hydrogen) atoms. The van der Waals surface area contributed by atoms with Crippen LogP contribution in [0.2, 0.25) is 0 Å². The smallest absolute Gasteiger partial charge is 0.312 e. The van der Waals surface area contributed by atoms with Crippen molar-refractivity contribution in [2.45, 2.75) is 45.4 Å². The van der Waals surface area contributed by atoms with E-state index in [4.69, 9.17) is 9.47 Å². The Morgan fingerprint density at radius 2 is 1.83 bits per heavy atom. The lowest BCUT2D eigenvalue weighted by Crippen LogP contribution is -2.42. The fourth-order valence-corrected chi connectivity index (χ4v) is 1.49. The highest BCUT2D eigenvalue weighted by Crippen LogP contribution is 2.23. The quantitative estimate of drug-likeness (QED) is 0.270. The molecule has 0 aromatic rings. The van der Waals surface area contributed by atoms with Crippen LogP contribution in [0.1, 0.15) is 33.6 Å². The zero-order valence-electron chi connectivity index (χ0n) is 11.3. The van der Waals surface area contributed by atoms with Crippen molar-refractivity contribution in [1.82, 2.24) is 0 Å². The van der Waals surface area contributed by atoms with Crippen molar-refractivity contribution in [1.29, 1.82) is 0 Å². The molecule has 0 amide bonds. The van der Waals surface area contributed by atoms with Crippen molar-refractivity contribution in [2.24, 2.45) is 0 Å². The lowest BCUT2D eigenvalue weighted by molar-refractivity contribution is -0.569. The first-order valence-corrected chi connectivity index (χ1v) is 5.84. The number of hydrogen-bond acceptors (Lipinski definition) is 6. The van der Waals surface area contributed by atoms with Gasteiger partial charge < -0.3 is 14.2 Å². The van der Waals surface area contributed by atoms with E-state index < -0.39 is 22.7 Å². The third-order valence-electron chi connectivity index (χ3n) is 2.51. The van der Waals surface area contributed by atoms with E-state index in [0.29, 0.717) is 13.2 Å². The summed E-state index contributed by atoms with van der Waals surface area (Å²) >= 11 is 0. The van der Waals surface area contributed by atoms with E-state index >= 15 is 0 Å². The van der Waals surface area contributed by atoms with Crippen LogP contribution >= 0.6 is 0 Å². The van der Waals surface area contributed by atoms with Gasteiger partial charge in [0.1, 0.15) is 6.42 Å². The summed E-state index contributed by atoms with van der Waals surface area (Å²) in [4.78, 5) is 21.8. The number of carbonyl (C=O) groups excluding carboxylic acids is 1. The Kier molecular flexibility index (Phi) is 7.45.